The fourth-order valence-electron chi connectivity index (χ4n) is 1.93. The molecule has 1 rings (SSSR count). The Labute approximate surface area is 131 Å². The fourth-order valence-corrected chi connectivity index (χ4v) is 3.07. The maximum atomic E-state index is 6.44. The molecule has 0 N–H and O–H groups in total. The molecule has 1 aromatic carbocycles. The largest absolute Gasteiger partial charge is 0.399 e. The second-order valence-electron chi connectivity index (χ2n) is 6.95. The summed E-state index contributed by atoms with van der Waals surface area (Å²) in [6.45, 7) is 15.0. The molecule has 114 valence electrons. The summed E-state index contributed by atoms with van der Waals surface area (Å²) in [5.41, 5.74) is 2.39. The van der Waals surface area contributed by atoms with Crippen LogP contribution in [0.1, 0.15) is 44.4 Å². The highest BCUT2D eigenvalue weighted by Gasteiger charge is 2.39. The third-order valence-electron chi connectivity index (χ3n) is 4.33. The molecular weight excluding hydrogens is 272 g/mol. The molecule has 0 saturated carbocycles. The molecule has 0 aliphatic rings. The van der Waals surface area contributed by atoms with Crippen molar-refractivity contribution in [2.45, 2.75) is 57.8 Å². The highest BCUT2D eigenvalue weighted by Crippen LogP contribution is 2.40. The smallest absolute Gasteiger partial charge is 0.194 e. The zero-order chi connectivity index (χ0) is 16.1. The minimum atomic E-state index is -1.89. The van der Waals surface area contributed by atoms with E-state index in [1.807, 2.05) is 12.1 Å². The van der Waals surface area contributed by atoms with E-state index in [1.54, 1.807) is 0 Å². The van der Waals surface area contributed by atoms with Gasteiger partial charge in [-0.1, -0.05) is 57.0 Å². The van der Waals surface area contributed by atoms with E-state index in [-0.39, 0.29) is 11.1 Å². The molecule has 0 amide bonds. The molecule has 0 fully saturated rings. The van der Waals surface area contributed by atoms with E-state index in [0.29, 0.717) is 0 Å². The van der Waals surface area contributed by atoms with Crippen molar-refractivity contribution in [3.05, 3.63) is 48.0 Å². The number of aryl methyl sites for hydroxylation is 1. The van der Waals surface area contributed by atoms with Crippen molar-refractivity contribution >= 4 is 8.32 Å². The Hall–Kier alpha value is -1.30. The molecule has 0 saturated heterocycles. The summed E-state index contributed by atoms with van der Waals surface area (Å²) in [4.78, 5) is 0. The first-order chi connectivity index (χ1) is 9.73. The first-order valence-corrected chi connectivity index (χ1v) is 10.5. The van der Waals surface area contributed by atoms with Crippen LogP contribution in [0.5, 0.6) is 0 Å². The Morgan fingerprint density at radius 1 is 1.33 bits per heavy atom. The quantitative estimate of drug-likeness (QED) is 0.383. The molecule has 0 spiro atoms. The van der Waals surface area contributed by atoms with Gasteiger partial charge in [0.25, 0.3) is 0 Å². The summed E-state index contributed by atoms with van der Waals surface area (Å²) in [7, 11) is -1.89. The molecule has 0 aliphatic heterocycles. The molecule has 2 heteroatoms. The van der Waals surface area contributed by atoms with Gasteiger partial charge in [0, 0.05) is 0 Å². The number of hydrogen-bond acceptors (Lipinski definition) is 1. The van der Waals surface area contributed by atoms with Gasteiger partial charge < -0.3 is 4.43 Å². The summed E-state index contributed by atoms with van der Waals surface area (Å²) < 4.78 is 6.44. The Kier molecular flexibility index (Phi) is 6.01. The summed E-state index contributed by atoms with van der Waals surface area (Å²) in [5, 5.41) is 0.151. The number of hydrogen-bond donors (Lipinski definition) is 0. The van der Waals surface area contributed by atoms with Gasteiger partial charge in [-0.15, -0.1) is 13.0 Å². The third-order valence-corrected chi connectivity index (χ3v) is 8.76. The van der Waals surface area contributed by atoms with E-state index in [2.05, 4.69) is 64.6 Å². The molecular formula is C19H28OSi. The van der Waals surface area contributed by atoms with E-state index in [1.165, 1.54) is 5.56 Å². The molecule has 1 atom stereocenters. The average Bonchev–Trinajstić information content (AvgIpc) is 2.41. The highest BCUT2D eigenvalue weighted by molar-refractivity contribution is 6.74. The van der Waals surface area contributed by atoms with Crippen LogP contribution in [0.25, 0.3) is 0 Å². The van der Waals surface area contributed by atoms with Crippen LogP contribution in [0.3, 0.4) is 0 Å². The van der Waals surface area contributed by atoms with Crippen LogP contribution < -0.4 is 0 Å². The number of rotatable bonds is 6. The minimum absolute atomic E-state index is 0.151. The lowest BCUT2D eigenvalue weighted by molar-refractivity contribution is 0.237. The van der Waals surface area contributed by atoms with E-state index in [9.17, 15) is 0 Å². The molecule has 1 nitrogen and oxygen atoms in total. The monoisotopic (exact) mass is 300 g/mol. The number of allylic oxidation sites excluding steroid dienone is 1. The van der Waals surface area contributed by atoms with Crippen molar-refractivity contribution < 1.29 is 4.43 Å². The van der Waals surface area contributed by atoms with Crippen LogP contribution in [-0.2, 0) is 10.8 Å². The molecule has 0 bridgehead atoms. The van der Waals surface area contributed by atoms with Crippen molar-refractivity contribution in [1.82, 2.24) is 0 Å². The lowest BCUT2D eigenvalue weighted by Crippen LogP contribution is -2.41. The van der Waals surface area contributed by atoms with Crippen LogP contribution in [0, 0.1) is 12.3 Å². The summed E-state index contributed by atoms with van der Waals surface area (Å²) in [6, 6.07) is 8.32. The zero-order valence-corrected chi connectivity index (χ0v) is 15.1. The van der Waals surface area contributed by atoms with Gasteiger partial charge >= 0.3 is 0 Å². The molecule has 0 aliphatic carbocycles. The van der Waals surface area contributed by atoms with Crippen LogP contribution >= 0.6 is 0 Å². The Morgan fingerprint density at radius 3 is 2.48 bits per heavy atom. The first-order valence-electron chi connectivity index (χ1n) is 7.55. The van der Waals surface area contributed by atoms with Gasteiger partial charge in [-0.25, -0.2) is 0 Å². The van der Waals surface area contributed by atoms with Crippen molar-refractivity contribution in [3.8, 4) is 12.3 Å². The summed E-state index contributed by atoms with van der Waals surface area (Å²) >= 11 is 0. The van der Waals surface area contributed by atoms with E-state index in [0.717, 1.165) is 18.4 Å². The molecule has 0 radical (unpaired) electrons. The third kappa shape index (κ3) is 4.59. The molecule has 21 heavy (non-hydrogen) atoms. The molecule has 0 heterocycles. The van der Waals surface area contributed by atoms with Crippen molar-refractivity contribution in [2.75, 3.05) is 0 Å². The van der Waals surface area contributed by atoms with Crippen LogP contribution in [-0.4, -0.2) is 8.32 Å². The van der Waals surface area contributed by atoms with Gasteiger partial charge in [-0.3, -0.25) is 0 Å². The fraction of sp³-hybridized carbons (Fsp3) is 0.474. The van der Waals surface area contributed by atoms with Gasteiger partial charge in [-0.05, 0) is 42.1 Å². The zero-order valence-electron chi connectivity index (χ0n) is 14.1. The number of benzene rings is 1. The summed E-state index contributed by atoms with van der Waals surface area (Å²) in [6.07, 6.45) is 9.37. The molecule has 1 aromatic rings. The van der Waals surface area contributed by atoms with Crippen LogP contribution in [0.4, 0.5) is 0 Å². The lowest BCUT2D eigenvalue weighted by Gasteiger charge is -2.38. The highest BCUT2D eigenvalue weighted by atomic mass is 28.4. The van der Waals surface area contributed by atoms with Crippen LogP contribution in [0.15, 0.2) is 36.9 Å². The van der Waals surface area contributed by atoms with E-state index >= 15 is 0 Å². The topological polar surface area (TPSA) is 9.23 Å². The Balaban J connectivity index is 3.07. The standard InChI is InChI=1S/C19H28OSi/c1-8-10-13-16-14-11-12-15-17(16)18(9-2)20-21(6,7)19(3,4)5/h2,8,11-12,14-15,18H,1,10,13H2,3-7H3. The molecule has 0 aromatic heterocycles. The van der Waals surface area contributed by atoms with E-state index in [4.69, 9.17) is 10.8 Å². The maximum absolute atomic E-state index is 6.44. The van der Waals surface area contributed by atoms with Crippen molar-refractivity contribution in [3.63, 3.8) is 0 Å². The Morgan fingerprint density at radius 2 is 1.95 bits per heavy atom. The Bertz CT molecular complexity index is 517. The van der Waals surface area contributed by atoms with E-state index < -0.39 is 8.32 Å². The van der Waals surface area contributed by atoms with Gasteiger partial charge in [0.15, 0.2) is 8.32 Å². The predicted octanol–water partition coefficient (Wildman–Crippen LogP) is 5.50. The van der Waals surface area contributed by atoms with Gasteiger partial charge in [-0.2, -0.15) is 0 Å². The lowest BCUT2D eigenvalue weighted by atomic mass is 9.99. The second-order valence-corrected chi connectivity index (χ2v) is 11.7. The second kappa shape index (κ2) is 7.11. The molecule has 1 unspecified atom stereocenters. The van der Waals surface area contributed by atoms with Gasteiger partial charge in [0.05, 0.1) is 0 Å². The summed E-state index contributed by atoms with van der Waals surface area (Å²) in [5.74, 6) is 2.85. The SMILES string of the molecule is C#CC(O[Si](C)(C)C(C)(C)C)c1ccccc1CCC=C. The maximum Gasteiger partial charge on any atom is 0.194 e. The van der Waals surface area contributed by atoms with Crippen LogP contribution in [0.2, 0.25) is 18.1 Å². The van der Waals surface area contributed by atoms with Gasteiger partial charge in [0.1, 0.15) is 6.10 Å². The normalized spacial score (nSPS) is 13.5. The average molecular weight is 301 g/mol. The minimum Gasteiger partial charge on any atom is -0.399 e. The van der Waals surface area contributed by atoms with Crippen molar-refractivity contribution in [1.29, 1.82) is 0 Å². The van der Waals surface area contributed by atoms with Crippen molar-refractivity contribution in [2.24, 2.45) is 0 Å². The van der Waals surface area contributed by atoms with Gasteiger partial charge in [0.2, 0.25) is 0 Å². The number of terminal acetylenes is 1. The first kappa shape index (κ1) is 17.7. The predicted molar refractivity (Wildman–Crippen MR) is 94.8 cm³/mol.